The van der Waals surface area contributed by atoms with E-state index in [4.69, 9.17) is 16.1 Å². The van der Waals surface area contributed by atoms with E-state index in [-0.39, 0.29) is 12.5 Å². The van der Waals surface area contributed by atoms with Crippen molar-refractivity contribution >= 4 is 17.5 Å². The first-order chi connectivity index (χ1) is 8.69. The fourth-order valence-corrected chi connectivity index (χ4v) is 1.47. The van der Waals surface area contributed by atoms with Crippen LogP contribution in [0.5, 0.6) is 0 Å². The van der Waals surface area contributed by atoms with Crippen LogP contribution in [0.4, 0.5) is 0 Å². The van der Waals surface area contributed by atoms with Crippen molar-refractivity contribution in [2.24, 2.45) is 0 Å². The molecule has 1 aromatic heterocycles. The number of hydrogen-bond acceptors (Lipinski definition) is 4. The van der Waals surface area contributed by atoms with Gasteiger partial charge in [-0.1, -0.05) is 23.7 Å². The first-order valence-electron chi connectivity index (χ1n) is 5.54. The monoisotopic (exact) mass is 265 g/mol. The third kappa shape index (κ3) is 3.07. The molecule has 0 aliphatic heterocycles. The molecular formula is C12H12ClN3O2. The Kier molecular flexibility index (Phi) is 3.94. The molecule has 0 aliphatic carbocycles. The lowest BCUT2D eigenvalue weighted by atomic mass is 10.2. The van der Waals surface area contributed by atoms with Gasteiger partial charge in [0.15, 0.2) is 0 Å². The molecular weight excluding hydrogens is 254 g/mol. The van der Waals surface area contributed by atoms with Gasteiger partial charge in [-0.05, 0) is 24.3 Å². The Hall–Kier alpha value is -1.88. The molecule has 1 amide bonds. The van der Waals surface area contributed by atoms with E-state index >= 15 is 0 Å². The zero-order chi connectivity index (χ0) is 13.0. The lowest BCUT2D eigenvalue weighted by Crippen LogP contribution is -2.21. The van der Waals surface area contributed by atoms with Crippen molar-refractivity contribution in [3.8, 4) is 11.4 Å². The van der Waals surface area contributed by atoms with Crippen LogP contribution in [0.25, 0.3) is 11.4 Å². The highest BCUT2D eigenvalue weighted by molar-refractivity contribution is 6.30. The molecule has 2 rings (SSSR count). The Morgan fingerprint density at radius 2 is 2.11 bits per heavy atom. The number of aromatic nitrogens is 2. The summed E-state index contributed by atoms with van der Waals surface area (Å²) in [7, 11) is 0. The van der Waals surface area contributed by atoms with Crippen molar-refractivity contribution in [3.63, 3.8) is 0 Å². The van der Waals surface area contributed by atoms with Gasteiger partial charge in [-0.2, -0.15) is 4.98 Å². The zero-order valence-corrected chi connectivity index (χ0v) is 10.6. The summed E-state index contributed by atoms with van der Waals surface area (Å²) in [5.41, 5.74) is 0.816. The van der Waals surface area contributed by atoms with Crippen LogP contribution in [0, 0.1) is 0 Å². The number of nitrogens with zero attached hydrogens (tertiary/aromatic N) is 2. The van der Waals surface area contributed by atoms with Gasteiger partial charge in [-0.25, -0.2) is 0 Å². The number of nitrogens with one attached hydrogen (secondary N) is 1. The van der Waals surface area contributed by atoms with Crippen molar-refractivity contribution in [1.29, 1.82) is 0 Å². The van der Waals surface area contributed by atoms with Crippen LogP contribution in [0.2, 0.25) is 5.02 Å². The summed E-state index contributed by atoms with van der Waals surface area (Å²) in [6.07, 6.45) is 0.429. The van der Waals surface area contributed by atoms with Crippen molar-refractivity contribution in [2.75, 3.05) is 0 Å². The molecule has 94 valence electrons. The highest BCUT2D eigenvalue weighted by Gasteiger charge is 2.09. The highest BCUT2D eigenvalue weighted by Crippen LogP contribution is 2.18. The average molecular weight is 266 g/mol. The van der Waals surface area contributed by atoms with Crippen molar-refractivity contribution in [2.45, 2.75) is 19.9 Å². The maximum atomic E-state index is 11.1. The smallest absolute Gasteiger partial charge is 0.246 e. The number of amides is 1. The average Bonchev–Trinajstić information content (AvgIpc) is 2.85. The molecule has 0 bridgehead atoms. The molecule has 18 heavy (non-hydrogen) atoms. The van der Waals surface area contributed by atoms with Gasteiger partial charge < -0.3 is 9.84 Å². The van der Waals surface area contributed by atoms with Gasteiger partial charge in [0.25, 0.3) is 0 Å². The third-order valence-electron chi connectivity index (χ3n) is 2.33. The minimum absolute atomic E-state index is 0.0544. The van der Waals surface area contributed by atoms with Crippen molar-refractivity contribution in [1.82, 2.24) is 15.5 Å². The fraction of sp³-hybridized carbons (Fsp3) is 0.250. The summed E-state index contributed by atoms with van der Waals surface area (Å²) >= 11 is 5.79. The largest absolute Gasteiger partial charge is 0.347 e. The third-order valence-corrected chi connectivity index (χ3v) is 2.58. The van der Waals surface area contributed by atoms with Crippen LogP contribution in [-0.4, -0.2) is 16.0 Å². The molecule has 0 unspecified atom stereocenters. The van der Waals surface area contributed by atoms with Gasteiger partial charge in [0, 0.05) is 17.0 Å². The molecule has 1 aromatic carbocycles. The van der Waals surface area contributed by atoms with Crippen LogP contribution < -0.4 is 5.32 Å². The zero-order valence-electron chi connectivity index (χ0n) is 9.81. The predicted molar refractivity (Wildman–Crippen MR) is 66.9 cm³/mol. The molecule has 0 radical (unpaired) electrons. The van der Waals surface area contributed by atoms with E-state index in [2.05, 4.69) is 15.5 Å². The van der Waals surface area contributed by atoms with E-state index in [0.717, 1.165) is 5.56 Å². The molecule has 1 heterocycles. The van der Waals surface area contributed by atoms with Crippen LogP contribution >= 0.6 is 11.6 Å². The lowest BCUT2D eigenvalue weighted by Gasteiger charge is -1.97. The van der Waals surface area contributed by atoms with Crippen molar-refractivity contribution < 1.29 is 9.32 Å². The first kappa shape index (κ1) is 12.6. The number of hydrogen-bond donors (Lipinski definition) is 1. The Bertz CT molecular complexity index is 537. The minimum atomic E-state index is -0.0544. The molecule has 0 atom stereocenters. The second-order valence-corrected chi connectivity index (χ2v) is 4.09. The number of rotatable bonds is 4. The summed E-state index contributed by atoms with van der Waals surface area (Å²) in [4.78, 5) is 15.3. The summed E-state index contributed by atoms with van der Waals surface area (Å²) in [5, 5.41) is 7.16. The second kappa shape index (κ2) is 5.64. The molecule has 0 saturated carbocycles. The van der Waals surface area contributed by atoms with E-state index in [1.54, 1.807) is 19.1 Å². The number of carbonyl (C=O) groups is 1. The number of benzene rings is 1. The summed E-state index contributed by atoms with van der Waals surface area (Å²) in [6, 6.07) is 7.13. The Balaban J connectivity index is 2.06. The van der Waals surface area contributed by atoms with Gasteiger partial charge in [0.05, 0.1) is 6.54 Å². The van der Waals surface area contributed by atoms with Crippen LogP contribution in [0.1, 0.15) is 19.2 Å². The molecule has 5 nitrogen and oxygen atoms in total. The second-order valence-electron chi connectivity index (χ2n) is 3.65. The molecule has 2 aromatic rings. The van der Waals surface area contributed by atoms with Gasteiger partial charge in [-0.15, -0.1) is 0 Å². The topological polar surface area (TPSA) is 68.0 Å². The maximum Gasteiger partial charge on any atom is 0.246 e. The minimum Gasteiger partial charge on any atom is -0.347 e. The predicted octanol–water partition coefficient (Wildman–Crippen LogP) is 2.42. The fourth-order valence-electron chi connectivity index (χ4n) is 1.34. The Labute approximate surface area is 109 Å². The Morgan fingerprint density at radius 3 is 2.78 bits per heavy atom. The van der Waals surface area contributed by atoms with Crippen molar-refractivity contribution in [3.05, 3.63) is 35.2 Å². The van der Waals surface area contributed by atoms with E-state index < -0.39 is 0 Å². The summed E-state index contributed by atoms with van der Waals surface area (Å²) in [6.45, 7) is 2.02. The van der Waals surface area contributed by atoms with Gasteiger partial charge in [0.2, 0.25) is 17.6 Å². The SMILES string of the molecule is CCC(=O)NCc1nc(-c2ccc(Cl)cc2)no1. The van der Waals surface area contributed by atoms with Crippen LogP contribution in [-0.2, 0) is 11.3 Å². The van der Waals surface area contributed by atoms with Gasteiger partial charge in [-0.3, -0.25) is 4.79 Å². The molecule has 6 heteroatoms. The maximum absolute atomic E-state index is 11.1. The quantitative estimate of drug-likeness (QED) is 0.922. The highest BCUT2D eigenvalue weighted by atomic mass is 35.5. The van der Waals surface area contributed by atoms with E-state index in [1.807, 2.05) is 12.1 Å². The molecule has 0 saturated heterocycles. The van der Waals surface area contributed by atoms with Crippen LogP contribution in [0.3, 0.4) is 0 Å². The van der Waals surface area contributed by atoms with Gasteiger partial charge in [0.1, 0.15) is 0 Å². The van der Waals surface area contributed by atoms with Crippen LogP contribution in [0.15, 0.2) is 28.8 Å². The molecule has 0 spiro atoms. The number of halogens is 1. The molecule has 1 N–H and O–H groups in total. The standard InChI is InChI=1S/C12H12ClN3O2/c1-2-10(17)14-7-11-15-12(16-18-11)8-3-5-9(13)6-4-8/h3-6H,2,7H2,1H3,(H,14,17). The summed E-state index contributed by atoms with van der Waals surface area (Å²) in [5.74, 6) is 0.801. The summed E-state index contributed by atoms with van der Waals surface area (Å²) < 4.78 is 5.04. The van der Waals surface area contributed by atoms with E-state index in [0.29, 0.717) is 23.2 Å². The molecule has 0 fully saturated rings. The number of carbonyl (C=O) groups excluding carboxylic acids is 1. The lowest BCUT2D eigenvalue weighted by molar-refractivity contribution is -0.121. The van der Waals surface area contributed by atoms with Gasteiger partial charge >= 0.3 is 0 Å². The van der Waals surface area contributed by atoms with E-state index in [9.17, 15) is 4.79 Å². The Morgan fingerprint density at radius 1 is 1.39 bits per heavy atom. The first-order valence-corrected chi connectivity index (χ1v) is 5.92. The molecule has 0 aliphatic rings. The van der Waals surface area contributed by atoms with E-state index in [1.165, 1.54) is 0 Å². The normalized spacial score (nSPS) is 10.3.